The molecule has 0 aliphatic heterocycles. The number of aromatic nitrogens is 2. The highest BCUT2D eigenvalue weighted by atomic mass is 15.0. The monoisotopic (exact) mass is 394 g/mol. The maximum absolute atomic E-state index is 5.71. The molecule has 0 amide bonds. The van der Waals surface area contributed by atoms with Crippen molar-refractivity contribution >= 4 is 0 Å². The molecular formula is C28H30N2+2. The van der Waals surface area contributed by atoms with Crippen molar-refractivity contribution in [1.82, 2.24) is 0 Å². The van der Waals surface area contributed by atoms with Crippen LogP contribution in [0.4, 0.5) is 0 Å². The van der Waals surface area contributed by atoms with Gasteiger partial charge in [-0.25, -0.2) is 0 Å². The summed E-state index contributed by atoms with van der Waals surface area (Å²) in [6, 6.07) is 13.3. The topological polar surface area (TPSA) is 7.76 Å². The van der Waals surface area contributed by atoms with Crippen LogP contribution in [0.3, 0.4) is 0 Å². The van der Waals surface area contributed by atoms with Crippen LogP contribution in [0.1, 0.15) is 58.3 Å². The first-order valence-electron chi connectivity index (χ1n) is 10.4. The minimum absolute atomic E-state index is 0.114. The highest BCUT2D eigenvalue weighted by molar-refractivity contribution is 5.27. The zero-order valence-corrected chi connectivity index (χ0v) is 18.4. The lowest BCUT2D eigenvalue weighted by Gasteiger charge is -2.15. The lowest BCUT2D eigenvalue weighted by molar-refractivity contribution is -0.714. The van der Waals surface area contributed by atoms with Crippen molar-refractivity contribution in [2.75, 3.05) is 0 Å². The number of hydrogen-bond donors (Lipinski definition) is 0. The van der Waals surface area contributed by atoms with Crippen LogP contribution in [0.25, 0.3) is 0 Å². The number of terminal acetylenes is 2. The molecule has 3 aromatic rings. The summed E-state index contributed by atoms with van der Waals surface area (Å²) in [5.74, 6) is 5.70. The summed E-state index contributed by atoms with van der Waals surface area (Å²) in [5, 5.41) is 0. The quantitative estimate of drug-likeness (QED) is 0.422. The third-order valence-corrected chi connectivity index (χ3v) is 5.37. The molecular weight excluding hydrogens is 364 g/mol. The van der Waals surface area contributed by atoms with Crippen molar-refractivity contribution in [2.24, 2.45) is 0 Å². The smallest absolute Gasteiger partial charge is 0.194 e. The molecule has 0 aliphatic rings. The molecule has 30 heavy (non-hydrogen) atoms. The molecule has 2 aromatic heterocycles. The third kappa shape index (κ3) is 4.97. The first-order valence-corrected chi connectivity index (χ1v) is 10.4. The van der Waals surface area contributed by atoms with Crippen LogP contribution >= 0.6 is 0 Å². The van der Waals surface area contributed by atoms with Crippen LogP contribution in [-0.2, 0) is 0 Å². The number of benzene rings is 1. The van der Waals surface area contributed by atoms with Crippen molar-refractivity contribution in [3.8, 4) is 24.7 Å². The van der Waals surface area contributed by atoms with Crippen LogP contribution in [0, 0.1) is 52.4 Å². The molecule has 0 saturated carbocycles. The van der Waals surface area contributed by atoms with Crippen molar-refractivity contribution in [3.63, 3.8) is 0 Å². The lowest BCUT2D eigenvalue weighted by atomic mass is 9.97. The standard InChI is InChI=1S/C28H30N2/c1-7-9-27(29-17-21(3)15-22(4)18-29)25-11-13-26(14-12-25)28(10-8-2)30-19-23(5)16-24(6)20-30/h1-2,11-20,27-28H,9-10H2,3-6H3/q+2. The molecule has 0 N–H and O–H groups in total. The van der Waals surface area contributed by atoms with E-state index >= 15 is 0 Å². The van der Waals surface area contributed by atoms with Gasteiger partial charge in [-0.1, -0.05) is 36.1 Å². The Labute approximate surface area is 181 Å². The van der Waals surface area contributed by atoms with Crippen LogP contribution in [-0.4, -0.2) is 0 Å². The van der Waals surface area contributed by atoms with Gasteiger partial charge in [-0.2, -0.15) is 9.13 Å². The first kappa shape index (κ1) is 21.4. The summed E-state index contributed by atoms with van der Waals surface area (Å²) in [5.41, 5.74) is 7.33. The van der Waals surface area contributed by atoms with Crippen LogP contribution in [0.2, 0.25) is 0 Å². The number of rotatable bonds is 6. The molecule has 0 bridgehead atoms. The molecule has 2 unspecified atom stereocenters. The Balaban J connectivity index is 1.98. The summed E-state index contributed by atoms with van der Waals surface area (Å²) >= 11 is 0. The molecule has 2 heterocycles. The van der Waals surface area contributed by atoms with Crippen LogP contribution < -0.4 is 9.13 Å². The number of nitrogens with zero attached hydrogens (tertiary/aromatic N) is 2. The average molecular weight is 395 g/mol. The van der Waals surface area contributed by atoms with Crippen molar-refractivity contribution in [3.05, 3.63) is 94.6 Å². The van der Waals surface area contributed by atoms with Gasteiger partial charge in [0.25, 0.3) is 0 Å². The first-order chi connectivity index (χ1) is 14.4. The van der Waals surface area contributed by atoms with E-state index in [0.29, 0.717) is 12.8 Å². The fourth-order valence-corrected chi connectivity index (χ4v) is 4.20. The van der Waals surface area contributed by atoms with E-state index in [1.807, 2.05) is 0 Å². The minimum atomic E-state index is 0.114. The van der Waals surface area contributed by atoms with Crippen LogP contribution in [0.5, 0.6) is 0 Å². The summed E-state index contributed by atoms with van der Waals surface area (Å²) in [4.78, 5) is 0. The van der Waals surface area contributed by atoms with E-state index in [4.69, 9.17) is 12.8 Å². The van der Waals surface area contributed by atoms with Gasteiger partial charge in [-0.3, -0.25) is 0 Å². The summed E-state index contributed by atoms with van der Waals surface area (Å²) in [7, 11) is 0. The fourth-order valence-electron chi connectivity index (χ4n) is 4.20. The Hall–Kier alpha value is -3.36. The summed E-state index contributed by atoms with van der Waals surface area (Å²) < 4.78 is 4.47. The SMILES string of the molecule is C#CCC(c1ccc(C(CC#C)[n+]2cc(C)cc(C)c2)cc1)[n+]1cc(C)cc(C)c1. The van der Waals surface area contributed by atoms with E-state index in [2.05, 4.69) is 110 Å². The summed E-state index contributed by atoms with van der Waals surface area (Å²) in [6.07, 6.45) is 21.4. The zero-order valence-electron chi connectivity index (χ0n) is 18.4. The number of hydrogen-bond acceptors (Lipinski definition) is 0. The molecule has 2 nitrogen and oxygen atoms in total. The fraction of sp³-hybridized carbons (Fsp3) is 0.286. The Morgan fingerprint density at radius 2 is 0.933 bits per heavy atom. The Morgan fingerprint density at radius 3 is 1.20 bits per heavy atom. The van der Waals surface area contributed by atoms with E-state index in [-0.39, 0.29) is 12.1 Å². The second-order valence-electron chi connectivity index (χ2n) is 8.19. The minimum Gasteiger partial charge on any atom is -0.197 e. The average Bonchev–Trinajstić information content (AvgIpc) is 2.69. The van der Waals surface area contributed by atoms with E-state index < -0.39 is 0 Å². The molecule has 0 aliphatic carbocycles. The van der Waals surface area contributed by atoms with E-state index in [1.165, 1.54) is 33.4 Å². The maximum Gasteiger partial charge on any atom is 0.194 e. The Bertz CT molecular complexity index is 980. The van der Waals surface area contributed by atoms with E-state index in [9.17, 15) is 0 Å². The van der Waals surface area contributed by atoms with Gasteiger partial charge in [0, 0.05) is 33.4 Å². The Kier molecular flexibility index (Phi) is 6.71. The van der Waals surface area contributed by atoms with Gasteiger partial charge in [0.1, 0.15) is 0 Å². The van der Waals surface area contributed by atoms with Gasteiger partial charge < -0.3 is 0 Å². The molecule has 0 radical (unpaired) electrons. The molecule has 150 valence electrons. The number of pyridine rings is 2. The second kappa shape index (κ2) is 9.43. The number of aryl methyl sites for hydroxylation is 4. The van der Waals surface area contributed by atoms with Crippen molar-refractivity contribution in [1.29, 1.82) is 0 Å². The molecule has 0 spiro atoms. The molecule has 2 heteroatoms. The van der Waals surface area contributed by atoms with Crippen LogP contribution in [0.15, 0.2) is 61.2 Å². The highest BCUT2D eigenvalue weighted by Gasteiger charge is 2.24. The van der Waals surface area contributed by atoms with Gasteiger partial charge in [-0.05, 0) is 39.8 Å². The van der Waals surface area contributed by atoms with Crippen molar-refractivity contribution < 1.29 is 9.13 Å². The third-order valence-electron chi connectivity index (χ3n) is 5.37. The lowest BCUT2D eigenvalue weighted by Crippen LogP contribution is -2.41. The highest BCUT2D eigenvalue weighted by Crippen LogP contribution is 2.22. The second-order valence-corrected chi connectivity index (χ2v) is 8.19. The van der Waals surface area contributed by atoms with Gasteiger partial charge in [0.15, 0.2) is 36.9 Å². The molecule has 1 aromatic carbocycles. The van der Waals surface area contributed by atoms with E-state index in [0.717, 1.165) is 0 Å². The summed E-state index contributed by atoms with van der Waals surface area (Å²) in [6.45, 7) is 8.46. The van der Waals surface area contributed by atoms with Gasteiger partial charge in [-0.15, -0.1) is 12.8 Å². The zero-order chi connectivity index (χ0) is 21.7. The molecule has 3 rings (SSSR count). The molecule has 2 atom stereocenters. The van der Waals surface area contributed by atoms with Gasteiger partial charge >= 0.3 is 0 Å². The normalized spacial score (nSPS) is 12.6. The van der Waals surface area contributed by atoms with Gasteiger partial charge in [0.05, 0.1) is 12.8 Å². The Morgan fingerprint density at radius 1 is 0.633 bits per heavy atom. The predicted molar refractivity (Wildman–Crippen MR) is 122 cm³/mol. The largest absolute Gasteiger partial charge is 0.197 e. The van der Waals surface area contributed by atoms with Crippen molar-refractivity contribution in [2.45, 2.75) is 52.6 Å². The predicted octanol–water partition coefficient (Wildman–Crippen LogP) is 4.72. The van der Waals surface area contributed by atoms with E-state index in [1.54, 1.807) is 0 Å². The maximum atomic E-state index is 5.71. The van der Waals surface area contributed by atoms with Gasteiger partial charge in [0.2, 0.25) is 0 Å². The molecule has 0 saturated heterocycles. The molecule has 0 fully saturated rings.